The molecular formula is C16H22N2O6S. The molecule has 25 heavy (non-hydrogen) atoms. The molecule has 0 unspecified atom stereocenters. The summed E-state index contributed by atoms with van der Waals surface area (Å²) in [6.07, 6.45) is 3.23. The first-order valence-corrected chi connectivity index (χ1v) is 9.51. The molecule has 0 N–H and O–H groups in total. The van der Waals surface area contributed by atoms with Crippen LogP contribution in [0, 0.1) is 5.92 Å². The normalized spacial score (nSPS) is 16.6. The van der Waals surface area contributed by atoms with Gasteiger partial charge in [-0.15, -0.1) is 0 Å². The lowest BCUT2D eigenvalue weighted by Gasteiger charge is -2.29. The zero-order chi connectivity index (χ0) is 18.4. The highest BCUT2D eigenvalue weighted by atomic mass is 32.2. The van der Waals surface area contributed by atoms with E-state index in [-0.39, 0.29) is 24.1 Å². The van der Waals surface area contributed by atoms with Gasteiger partial charge in [0, 0.05) is 25.5 Å². The van der Waals surface area contributed by atoms with Crippen LogP contribution < -0.4 is 0 Å². The standard InChI is InChI=1S/C16H22N2O6S/c1-12(2)24-15(19)11-23-16(20)13-5-8-18(9-6-13)25(21,22)14-4-3-7-17-10-14/h3-4,7,10,12-13H,5-6,8-9,11H2,1-2H3. The van der Waals surface area contributed by atoms with E-state index in [2.05, 4.69) is 4.98 Å². The largest absolute Gasteiger partial charge is 0.460 e. The molecule has 1 aliphatic rings. The fourth-order valence-electron chi connectivity index (χ4n) is 2.53. The maximum atomic E-state index is 12.5. The van der Waals surface area contributed by atoms with Crippen molar-refractivity contribution in [1.29, 1.82) is 0 Å². The van der Waals surface area contributed by atoms with E-state index < -0.39 is 34.5 Å². The number of carbonyl (C=O) groups is 2. The summed E-state index contributed by atoms with van der Waals surface area (Å²) in [4.78, 5) is 27.4. The van der Waals surface area contributed by atoms with Crippen molar-refractivity contribution in [2.24, 2.45) is 5.92 Å². The number of hydrogen-bond donors (Lipinski definition) is 0. The van der Waals surface area contributed by atoms with Crippen molar-refractivity contribution in [2.45, 2.75) is 37.7 Å². The Morgan fingerprint density at radius 1 is 1.32 bits per heavy atom. The predicted octanol–water partition coefficient (Wildman–Crippen LogP) is 0.977. The van der Waals surface area contributed by atoms with E-state index >= 15 is 0 Å². The van der Waals surface area contributed by atoms with E-state index in [1.165, 1.54) is 22.8 Å². The molecule has 0 amide bonds. The van der Waals surface area contributed by atoms with Crippen molar-refractivity contribution in [3.63, 3.8) is 0 Å². The minimum absolute atomic E-state index is 0.132. The maximum absolute atomic E-state index is 12.5. The van der Waals surface area contributed by atoms with Crippen molar-refractivity contribution in [2.75, 3.05) is 19.7 Å². The summed E-state index contributed by atoms with van der Waals surface area (Å²) < 4.78 is 36.2. The Labute approximate surface area is 147 Å². The van der Waals surface area contributed by atoms with Crippen LogP contribution in [0.3, 0.4) is 0 Å². The zero-order valence-electron chi connectivity index (χ0n) is 14.3. The van der Waals surface area contributed by atoms with E-state index in [4.69, 9.17) is 9.47 Å². The second kappa shape index (κ2) is 8.39. The number of nitrogens with zero attached hydrogens (tertiary/aromatic N) is 2. The molecule has 9 heteroatoms. The summed E-state index contributed by atoms with van der Waals surface area (Å²) in [5, 5.41) is 0. The molecule has 1 aliphatic heterocycles. The molecule has 0 spiro atoms. The van der Waals surface area contributed by atoms with E-state index in [1.54, 1.807) is 19.9 Å². The average molecular weight is 370 g/mol. The molecule has 2 heterocycles. The van der Waals surface area contributed by atoms with Gasteiger partial charge in [-0.2, -0.15) is 4.31 Å². The van der Waals surface area contributed by atoms with E-state index in [0.29, 0.717) is 12.8 Å². The highest BCUT2D eigenvalue weighted by Gasteiger charge is 2.33. The molecule has 138 valence electrons. The summed E-state index contributed by atoms with van der Waals surface area (Å²) in [5.41, 5.74) is 0. The van der Waals surface area contributed by atoms with Crippen LogP contribution in [0.15, 0.2) is 29.4 Å². The fourth-order valence-corrected chi connectivity index (χ4v) is 3.96. The molecule has 0 saturated carbocycles. The molecule has 8 nitrogen and oxygen atoms in total. The van der Waals surface area contributed by atoms with Crippen molar-refractivity contribution >= 4 is 22.0 Å². The number of esters is 2. The number of piperidine rings is 1. The van der Waals surface area contributed by atoms with E-state index in [1.807, 2.05) is 0 Å². The van der Waals surface area contributed by atoms with Crippen LogP contribution >= 0.6 is 0 Å². The Hall–Kier alpha value is -2.00. The third-order valence-electron chi connectivity index (χ3n) is 3.76. The lowest BCUT2D eigenvalue weighted by molar-refractivity contribution is -0.164. The Morgan fingerprint density at radius 2 is 2.00 bits per heavy atom. The first kappa shape index (κ1) is 19.3. The third kappa shape index (κ3) is 5.23. The molecule has 0 aliphatic carbocycles. The smallest absolute Gasteiger partial charge is 0.344 e. The van der Waals surface area contributed by atoms with E-state index in [0.717, 1.165) is 0 Å². The predicted molar refractivity (Wildman–Crippen MR) is 87.9 cm³/mol. The van der Waals surface area contributed by atoms with Gasteiger partial charge in [0.1, 0.15) is 4.90 Å². The second-order valence-corrected chi connectivity index (χ2v) is 7.95. The van der Waals surface area contributed by atoms with Crippen LogP contribution in [0.5, 0.6) is 0 Å². The first-order chi connectivity index (χ1) is 11.8. The molecule has 0 atom stereocenters. The Bertz CT molecular complexity index is 697. The molecular weight excluding hydrogens is 348 g/mol. The van der Waals surface area contributed by atoms with Gasteiger partial charge >= 0.3 is 11.9 Å². The van der Waals surface area contributed by atoms with Crippen LogP contribution in [-0.4, -0.2) is 55.4 Å². The van der Waals surface area contributed by atoms with Crippen LogP contribution in [0.4, 0.5) is 0 Å². The molecule has 1 aromatic rings. The Kier molecular flexibility index (Phi) is 6.49. The highest BCUT2D eigenvalue weighted by molar-refractivity contribution is 7.89. The minimum atomic E-state index is -3.61. The van der Waals surface area contributed by atoms with Crippen molar-refractivity contribution in [3.05, 3.63) is 24.5 Å². The summed E-state index contributed by atoms with van der Waals surface area (Å²) in [7, 11) is -3.61. The summed E-state index contributed by atoms with van der Waals surface area (Å²) in [6.45, 7) is 3.42. The quantitative estimate of drug-likeness (QED) is 0.688. The summed E-state index contributed by atoms with van der Waals surface area (Å²) >= 11 is 0. The minimum Gasteiger partial charge on any atom is -0.460 e. The third-order valence-corrected chi connectivity index (χ3v) is 5.64. The summed E-state index contributed by atoms with van der Waals surface area (Å²) in [5.74, 6) is -1.52. The molecule has 0 radical (unpaired) electrons. The van der Waals surface area contributed by atoms with Gasteiger partial charge in [0.15, 0.2) is 6.61 Å². The summed E-state index contributed by atoms with van der Waals surface area (Å²) in [6, 6.07) is 3.05. The number of hydrogen-bond acceptors (Lipinski definition) is 7. The van der Waals surface area contributed by atoms with Gasteiger partial charge in [-0.05, 0) is 38.8 Å². The number of sulfonamides is 1. The Balaban J connectivity index is 1.85. The second-order valence-electron chi connectivity index (χ2n) is 6.01. The molecule has 2 rings (SSSR count). The van der Waals surface area contributed by atoms with Crippen LogP contribution in [0.2, 0.25) is 0 Å². The van der Waals surface area contributed by atoms with Gasteiger partial charge in [-0.25, -0.2) is 13.2 Å². The van der Waals surface area contributed by atoms with Gasteiger partial charge in [0.2, 0.25) is 10.0 Å². The topological polar surface area (TPSA) is 103 Å². The highest BCUT2D eigenvalue weighted by Crippen LogP contribution is 2.24. The number of aromatic nitrogens is 1. The molecule has 1 fully saturated rings. The lowest BCUT2D eigenvalue weighted by atomic mass is 9.98. The lowest BCUT2D eigenvalue weighted by Crippen LogP contribution is -2.40. The number of pyridine rings is 1. The Morgan fingerprint density at radius 3 is 2.56 bits per heavy atom. The molecule has 1 saturated heterocycles. The van der Waals surface area contributed by atoms with Crippen LogP contribution in [-0.2, 0) is 29.1 Å². The molecule has 0 aromatic carbocycles. The first-order valence-electron chi connectivity index (χ1n) is 8.07. The van der Waals surface area contributed by atoms with Crippen LogP contribution in [0.1, 0.15) is 26.7 Å². The monoisotopic (exact) mass is 370 g/mol. The van der Waals surface area contributed by atoms with Gasteiger partial charge in [0.05, 0.1) is 12.0 Å². The molecule has 0 bridgehead atoms. The molecule has 1 aromatic heterocycles. The SMILES string of the molecule is CC(C)OC(=O)COC(=O)C1CCN(S(=O)(=O)c2cccnc2)CC1. The van der Waals surface area contributed by atoms with Crippen molar-refractivity contribution in [3.8, 4) is 0 Å². The van der Waals surface area contributed by atoms with Crippen molar-refractivity contribution < 1.29 is 27.5 Å². The van der Waals surface area contributed by atoms with E-state index in [9.17, 15) is 18.0 Å². The van der Waals surface area contributed by atoms with Crippen LogP contribution in [0.25, 0.3) is 0 Å². The maximum Gasteiger partial charge on any atom is 0.344 e. The average Bonchev–Trinajstić information content (AvgIpc) is 2.60. The number of rotatable bonds is 6. The van der Waals surface area contributed by atoms with Gasteiger partial charge in [0.25, 0.3) is 0 Å². The van der Waals surface area contributed by atoms with Crippen molar-refractivity contribution in [1.82, 2.24) is 9.29 Å². The zero-order valence-corrected chi connectivity index (χ0v) is 15.1. The number of carbonyl (C=O) groups excluding carboxylic acids is 2. The number of ether oxygens (including phenoxy) is 2. The van der Waals surface area contributed by atoms with Gasteiger partial charge < -0.3 is 9.47 Å². The van der Waals surface area contributed by atoms with Gasteiger partial charge in [-0.3, -0.25) is 9.78 Å². The van der Waals surface area contributed by atoms with Gasteiger partial charge in [-0.1, -0.05) is 0 Å². The fraction of sp³-hybridized carbons (Fsp3) is 0.562.